The van der Waals surface area contributed by atoms with Gasteiger partial charge in [0.15, 0.2) is 0 Å². The van der Waals surface area contributed by atoms with E-state index in [4.69, 9.17) is 0 Å². The molecule has 0 unspecified atom stereocenters. The maximum absolute atomic E-state index is 10.5. The average Bonchev–Trinajstić information content (AvgIpc) is 2.04. The molecule has 0 aliphatic rings. The minimum Gasteiger partial charge on any atom is -0.468 e. The lowest BCUT2D eigenvalue weighted by Crippen LogP contribution is -2.29. The normalized spacial score (nSPS) is 8.82. The Morgan fingerprint density at radius 2 is 2.36 bits per heavy atom. The van der Waals surface area contributed by atoms with Gasteiger partial charge in [-0.15, -0.1) is 0 Å². The molecule has 64 valence electrons. The number of rotatable bonds is 6. The van der Waals surface area contributed by atoms with E-state index < -0.39 is 0 Å². The van der Waals surface area contributed by atoms with Crippen LogP contribution in [0.4, 0.5) is 0 Å². The van der Waals surface area contributed by atoms with Crippen molar-refractivity contribution in [3.8, 4) is 0 Å². The molecule has 0 radical (unpaired) electrons. The molecule has 11 heavy (non-hydrogen) atoms. The zero-order valence-electron chi connectivity index (χ0n) is 6.72. The second-order valence-electron chi connectivity index (χ2n) is 1.91. The molecule has 0 aliphatic heterocycles. The van der Waals surface area contributed by atoms with Gasteiger partial charge < -0.3 is 15.4 Å². The molecule has 0 aromatic heterocycles. The fourth-order valence-corrected chi connectivity index (χ4v) is 0.525. The van der Waals surface area contributed by atoms with E-state index in [9.17, 15) is 4.79 Å². The minimum atomic E-state index is -0.247. The Hall–Kier alpha value is -1.03. The lowest BCUT2D eigenvalue weighted by Gasteiger charge is -2.02. The highest BCUT2D eigenvalue weighted by atomic mass is 16.5. The van der Waals surface area contributed by atoms with Crippen LogP contribution in [0.25, 0.3) is 0 Å². The van der Waals surface area contributed by atoms with E-state index in [2.05, 4.69) is 21.9 Å². The van der Waals surface area contributed by atoms with Crippen molar-refractivity contribution in [1.29, 1.82) is 0 Å². The minimum absolute atomic E-state index is 0.247. The van der Waals surface area contributed by atoms with E-state index in [-0.39, 0.29) is 12.5 Å². The molecule has 0 amide bonds. The van der Waals surface area contributed by atoms with Crippen LogP contribution in [0, 0.1) is 0 Å². The van der Waals surface area contributed by atoms with Gasteiger partial charge in [-0.05, 0) is 6.20 Å². The summed E-state index contributed by atoms with van der Waals surface area (Å²) in [5.41, 5.74) is 0. The van der Waals surface area contributed by atoms with Crippen molar-refractivity contribution in [3.63, 3.8) is 0 Å². The van der Waals surface area contributed by atoms with E-state index in [1.165, 1.54) is 7.11 Å². The van der Waals surface area contributed by atoms with Crippen LogP contribution < -0.4 is 10.6 Å². The molecule has 0 heterocycles. The van der Waals surface area contributed by atoms with Crippen LogP contribution in [0.5, 0.6) is 0 Å². The lowest BCUT2D eigenvalue weighted by molar-refractivity contribution is -0.139. The van der Waals surface area contributed by atoms with Gasteiger partial charge >= 0.3 is 5.97 Å². The summed E-state index contributed by atoms with van der Waals surface area (Å²) in [6, 6.07) is 0. The molecule has 2 N–H and O–H groups in total. The number of nitrogens with one attached hydrogen (secondary N) is 2. The summed E-state index contributed by atoms with van der Waals surface area (Å²) in [5, 5.41) is 5.78. The summed E-state index contributed by atoms with van der Waals surface area (Å²) < 4.78 is 4.41. The number of hydrogen-bond acceptors (Lipinski definition) is 4. The molecular formula is C7H14N2O2. The Morgan fingerprint density at radius 3 is 2.91 bits per heavy atom. The molecule has 0 saturated carbocycles. The van der Waals surface area contributed by atoms with Crippen molar-refractivity contribution in [2.45, 2.75) is 0 Å². The van der Waals surface area contributed by atoms with Gasteiger partial charge in [0.1, 0.15) is 0 Å². The van der Waals surface area contributed by atoms with Gasteiger partial charge in [-0.2, -0.15) is 0 Å². The molecule has 0 bridgehead atoms. The molecule has 0 atom stereocenters. The SMILES string of the molecule is C=CNCCNCC(=O)OC. The second kappa shape index (κ2) is 7.08. The van der Waals surface area contributed by atoms with Gasteiger partial charge in [-0.1, -0.05) is 6.58 Å². The first-order chi connectivity index (χ1) is 5.31. The number of ether oxygens (including phenoxy) is 1. The number of methoxy groups -OCH3 is 1. The highest BCUT2D eigenvalue weighted by Crippen LogP contribution is 1.68. The Kier molecular flexibility index (Phi) is 6.42. The van der Waals surface area contributed by atoms with Gasteiger partial charge in [-0.3, -0.25) is 4.79 Å². The number of carbonyl (C=O) groups is 1. The van der Waals surface area contributed by atoms with E-state index in [1.54, 1.807) is 6.20 Å². The van der Waals surface area contributed by atoms with Gasteiger partial charge in [0.05, 0.1) is 13.7 Å². The Morgan fingerprint density at radius 1 is 1.64 bits per heavy atom. The molecule has 0 spiro atoms. The summed E-state index contributed by atoms with van der Waals surface area (Å²) in [5.74, 6) is -0.247. The number of esters is 1. The first-order valence-corrected chi connectivity index (χ1v) is 3.43. The molecule has 0 fully saturated rings. The van der Waals surface area contributed by atoms with Crippen LogP contribution in [0.1, 0.15) is 0 Å². The molecule has 0 rings (SSSR count). The van der Waals surface area contributed by atoms with Crippen LogP contribution >= 0.6 is 0 Å². The highest BCUT2D eigenvalue weighted by Gasteiger charge is 1.95. The summed E-state index contributed by atoms with van der Waals surface area (Å²) in [6.45, 7) is 5.23. The van der Waals surface area contributed by atoms with Crippen molar-refractivity contribution in [1.82, 2.24) is 10.6 Å². The molecule has 0 saturated heterocycles. The fourth-order valence-electron chi connectivity index (χ4n) is 0.525. The van der Waals surface area contributed by atoms with E-state index in [1.807, 2.05) is 0 Å². The highest BCUT2D eigenvalue weighted by molar-refractivity contribution is 5.71. The smallest absolute Gasteiger partial charge is 0.319 e. The maximum atomic E-state index is 10.5. The monoisotopic (exact) mass is 158 g/mol. The van der Waals surface area contributed by atoms with E-state index in [0.29, 0.717) is 0 Å². The third-order valence-corrected chi connectivity index (χ3v) is 1.09. The summed E-state index contributed by atoms with van der Waals surface area (Å²) >= 11 is 0. The zero-order valence-corrected chi connectivity index (χ0v) is 6.72. The predicted molar refractivity (Wildman–Crippen MR) is 43.1 cm³/mol. The molecular weight excluding hydrogens is 144 g/mol. The van der Waals surface area contributed by atoms with Crippen molar-refractivity contribution in [2.24, 2.45) is 0 Å². The average molecular weight is 158 g/mol. The predicted octanol–water partition coefficient (Wildman–Crippen LogP) is -0.518. The Labute approximate surface area is 66.6 Å². The van der Waals surface area contributed by atoms with Crippen LogP contribution in [-0.2, 0) is 9.53 Å². The van der Waals surface area contributed by atoms with Gasteiger partial charge in [0.25, 0.3) is 0 Å². The second-order valence-corrected chi connectivity index (χ2v) is 1.91. The zero-order chi connectivity index (χ0) is 8.53. The largest absolute Gasteiger partial charge is 0.468 e. The molecule has 0 aromatic rings. The first kappa shape index (κ1) is 9.97. The van der Waals surface area contributed by atoms with Crippen LogP contribution in [0.2, 0.25) is 0 Å². The van der Waals surface area contributed by atoms with Gasteiger partial charge in [0.2, 0.25) is 0 Å². The summed E-state index contributed by atoms with van der Waals surface area (Å²) in [4.78, 5) is 10.5. The molecule has 4 heteroatoms. The van der Waals surface area contributed by atoms with Crippen LogP contribution in [0.3, 0.4) is 0 Å². The Balaban J connectivity index is 3.01. The number of hydrogen-bond donors (Lipinski definition) is 2. The Bertz CT molecular complexity index is 126. The van der Waals surface area contributed by atoms with Crippen molar-refractivity contribution in [3.05, 3.63) is 12.8 Å². The van der Waals surface area contributed by atoms with Crippen LogP contribution in [0.15, 0.2) is 12.8 Å². The van der Waals surface area contributed by atoms with Crippen molar-refractivity contribution >= 4 is 5.97 Å². The first-order valence-electron chi connectivity index (χ1n) is 3.43. The topological polar surface area (TPSA) is 50.4 Å². The summed E-state index contributed by atoms with van der Waals surface area (Å²) in [6.07, 6.45) is 1.61. The van der Waals surface area contributed by atoms with E-state index in [0.717, 1.165) is 13.1 Å². The third kappa shape index (κ3) is 6.86. The summed E-state index contributed by atoms with van der Waals surface area (Å²) in [7, 11) is 1.37. The molecule has 0 aliphatic carbocycles. The lowest BCUT2D eigenvalue weighted by atomic mass is 10.5. The standard InChI is InChI=1S/C7H14N2O2/c1-3-8-4-5-9-6-7(10)11-2/h3,8-9H,1,4-6H2,2H3. The van der Waals surface area contributed by atoms with Gasteiger partial charge in [-0.25, -0.2) is 0 Å². The van der Waals surface area contributed by atoms with Gasteiger partial charge in [0, 0.05) is 13.1 Å². The fraction of sp³-hybridized carbons (Fsp3) is 0.571. The maximum Gasteiger partial charge on any atom is 0.319 e. The van der Waals surface area contributed by atoms with Crippen molar-refractivity contribution < 1.29 is 9.53 Å². The molecule has 0 aromatic carbocycles. The van der Waals surface area contributed by atoms with E-state index >= 15 is 0 Å². The van der Waals surface area contributed by atoms with Crippen molar-refractivity contribution in [2.75, 3.05) is 26.7 Å². The third-order valence-electron chi connectivity index (χ3n) is 1.09. The quantitative estimate of drug-likeness (QED) is 0.403. The molecule has 4 nitrogen and oxygen atoms in total. The number of carbonyl (C=O) groups excluding carboxylic acids is 1. The van der Waals surface area contributed by atoms with Crippen LogP contribution in [-0.4, -0.2) is 32.7 Å².